The van der Waals surface area contributed by atoms with Crippen LogP contribution < -0.4 is 9.80 Å². The maximum Gasteiger partial charge on any atom is 0.276 e. The number of pyridine rings is 1. The Labute approximate surface area is 154 Å². The number of carbonyl (C=O) groups excluding carboxylic acids is 1. The summed E-state index contributed by atoms with van der Waals surface area (Å²) < 4.78 is 0. The van der Waals surface area contributed by atoms with Gasteiger partial charge in [0, 0.05) is 37.7 Å². The quantitative estimate of drug-likeness (QED) is 0.665. The lowest BCUT2D eigenvalue weighted by molar-refractivity contribution is 0.0988. The van der Waals surface area contributed by atoms with Gasteiger partial charge in [0.25, 0.3) is 5.91 Å². The number of carbonyl (C=O) groups is 1. The molecule has 4 heteroatoms. The Balaban J connectivity index is 1.81. The van der Waals surface area contributed by atoms with Crippen molar-refractivity contribution in [3.8, 4) is 0 Å². The van der Waals surface area contributed by atoms with E-state index in [1.807, 2.05) is 60.7 Å². The van der Waals surface area contributed by atoms with Crippen LogP contribution in [0.2, 0.25) is 0 Å². The second-order valence-corrected chi connectivity index (χ2v) is 6.10. The van der Waals surface area contributed by atoms with E-state index in [9.17, 15) is 4.79 Å². The molecule has 0 saturated carbocycles. The maximum atomic E-state index is 12.8. The van der Waals surface area contributed by atoms with E-state index >= 15 is 0 Å². The van der Waals surface area contributed by atoms with E-state index in [0.717, 1.165) is 24.5 Å². The molecule has 1 heterocycles. The van der Waals surface area contributed by atoms with Crippen molar-refractivity contribution in [1.82, 2.24) is 4.98 Å². The van der Waals surface area contributed by atoms with Gasteiger partial charge in [-0.1, -0.05) is 48.5 Å². The van der Waals surface area contributed by atoms with Crippen molar-refractivity contribution in [2.75, 3.05) is 23.4 Å². The third kappa shape index (κ3) is 4.09. The molecule has 4 nitrogen and oxygen atoms in total. The van der Waals surface area contributed by atoms with Crippen LogP contribution in [0.5, 0.6) is 0 Å². The highest BCUT2D eigenvalue weighted by Crippen LogP contribution is 2.20. The van der Waals surface area contributed by atoms with Crippen LogP contribution in [0.4, 0.5) is 11.4 Å². The van der Waals surface area contributed by atoms with Crippen LogP contribution in [0.1, 0.15) is 23.0 Å². The minimum Gasteiger partial charge on any atom is -0.367 e. The van der Waals surface area contributed by atoms with Gasteiger partial charge in [-0.25, -0.2) is 0 Å². The molecule has 1 aromatic heterocycles. The first-order valence-corrected chi connectivity index (χ1v) is 8.77. The highest BCUT2D eigenvalue weighted by molar-refractivity contribution is 6.04. The van der Waals surface area contributed by atoms with Gasteiger partial charge in [-0.15, -0.1) is 0 Å². The predicted molar refractivity (Wildman–Crippen MR) is 107 cm³/mol. The minimum atomic E-state index is -0.117. The third-order valence-corrected chi connectivity index (χ3v) is 4.37. The number of hydrogen-bond acceptors (Lipinski definition) is 3. The molecule has 26 heavy (non-hydrogen) atoms. The highest BCUT2D eigenvalue weighted by atomic mass is 16.2. The maximum absolute atomic E-state index is 12.8. The normalized spacial score (nSPS) is 10.4. The van der Waals surface area contributed by atoms with Gasteiger partial charge >= 0.3 is 0 Å². The first-order chi connectivity index (χ1) is 12.7. The molecule has 0 aliphatic heterocycles. The van der Waals surface area contributed by atoms with E-state index < -0.39 is 0 Å². The summed E-state index contributed by atoms with van der Waals surface area (Å²) in [5.41, 5.74) is 3.53. The van der Waals surface area contributed by atoms with Crippen LogP contribution in [-0.2, 0) is 6.54 Å². The van der Waals surface area contributed by atoms with Crippen molar-refractivity contribution in [2.24, 2.45) is 0 Å². The van der Waals surface area contributed by atoms with Crippen LogP contribution in [-0.4, -0.2) is 24.5 Å². The van der Waals surface area contributed by atoms with Crippen molar-refractivity contribution in [3.63, 3.8) is 0 Å². The zero-order valence-corrected chi connectivity index (χ0v) is 15.2. The number of benzene rings is 2. The molecular formula is C22H23N3O. The van der Waals surface area contributed by atoms with Gasteiger partial charge in [0.2, 0.25) is 0 Å². The molecule has 0 saturated heterocycles. The first kappa shape index (κ1) is 17.7. The third-order valence-electron chi connectivity index (χ3n) is 4.37. The summed E-state index contributed by atoms with van der Waals surface area (Å²) in [4.78, 5) is 21.0. The lowest BCUT2D eigenvalue weighted by Gasteiger charge is -2.24. The summed E-state index contributed by atoms with van der Waals surface area (Å²) in [5.74, 6) is -0.117. The molecule has 0 bridgehead atoms. The average molecular weight is 345 g/mol. The van der Waals surface area contributed by atoms with Crippen molar-refractivity contribution in [3.05, 3.63) is 90.3 Å². The number of nitrogens with zero attached hydrogens (tertiary/aromatic N) is 3. The van der Waals surface area contributed by atoms with Gasteiger partial charge in [0.05, 0.1) is 0 Å². The van der Waals surface area contributed by atoms with Crippen molar-refractivity contribution < 1.29 is 4.79 Å². The van der Waals surface area contributed by atoms with Crippen LogP contribution in [0, 0.1) is 0 Å². The lowest BCUT2D eigenvalue weighted by atomic mass is 10.2. The molecule has 0 aliphatic carbocycles. The summed E-state index contributed by atoms with van der Waals surface area (Å²) in [6, 6.07) is 23.7. The fraction of sp³-hybridized carbons (Fsp3) is 0.182. The molecule has 132 valence electrons. The molecular weight excluding hydrogens is 322 g/mol. The number of rotatable bonds is 6. The van der Waals surface area contributed by atoms with E-state index in [-0.39, 0.29) is 5.91 Å². The lowest BCUT2D eigenvalue weighted by Crippen LogP contribution is -2.28. The molecule has 0 fully saturated rings. The highest BCUT2D eigenvalue weighted by Gasteiger charge is 2.16. The molecule has 0 spiro atoms. The van der Waals surface area contributed by atoms with Crippen LogP contribution in [0.25, 0.3) is 0 Å². The summed E-state index contributed by atoms with van der Waals surface area (Å²) >= 11 is 0. The monoisotopic (exact) mass is 345 g/mol. The van der Waals surface area contributed by atoms with Gasteiger partial charge in [-0.2, -0.15) is 0 Å². The molecule has 0 atom stereocenters. The largest absolute Gasteiger partial charge is 0.367 e. The Kier molecular flexibility index (Phi) is 5.64. The summed E-state index contributed by atoms with van der Waals surface area (Å²) in [6.45, 7) is 3.76. The fourth-order valence-electron chi connectivity index (χ4n) is 2.86. The molecule has 0 N–H and O–H groups in total. The van der Waals surface area contributed by atoms with E-state index in [1.54, 1.807) is 18.1 Å². The zero-order chi connectivity index (χ0) is 18.4. The summed E-state index contributed by atoms with van der Waals surface area (Å²) in [7, 11) is 1.77. The summed E-state index contributed by atoms with van der Waals surface area (Å²) in [5, 5.41) is 0. The first-order valence-electron chi connectivity index (χ1n) is 8.77. The van der Waals surface area contributed by atoms with Crippen molar-refractivity contribution in [1.29, 1.82) is 0 Å². The molecule has 0 radical (unpaired) electrons. The average Bonchev–Trinajstić information content (AvgIpc) is 2.72. The Bertz CT molecular complexity index is 850. The molecule has 1 amide bonds. The van der Waals surface area contributed by atoms with E-state index in [0.29, 0.717) is 5.69 Å². The Morgan fingerprint density at radius 2 is 1.58 bits per heavy atom. The second-order valence-electron chi connectivity index (χ2n) is 6.10. The SMILES string of the molecule is CCN(Cc1ccccc1)c1ccnc(C(=O)N(C)c2ccccc2)c1. The van der Waals surface area contributed by atoms with Gasteiger partial charge in [0.15, 0.2) is 0 Å². The zero-order valence-electron chi connectivity index (χ0n) is 15.2. The van der Waals surface area contributed by atoms with E-state index in [4.69, 9.17) is 0 Å². The second kappa shape index (κ2) is 8.30. The number of anilines is 2. The summed E-state index contributed by atoms with van der Waals surface area (Å²) in [6.07, 6.45) is 1.70. The Morgan fingerprint density at radius 1 is 0.923 bits per heavy atom. The fourth-order valence-corrected chi connectivity index (χ4v) is 2.86. The standard InChI is InChI=1S/C22H23N3O/c1-3-25(17-18-10-6-4-7-11-18)20-14-15-23-21(16-20)22(26)24(2)19-12-8-5-9-13-19/h4-16H,3,17H2,1-2H3. The van der Waals surface area contributed by atoms with Gasteiger partial charge in [-0.3, -0.25) is 9.78 Å². The van der Waals surface area contributed by atoms with E-state index in [1.165, 1.54) is 5.56 Å². The molecule has 3 rings (SSSR count). The minimum absolute atomic E-state index is 0.117. The molecule has 0 unspecified atom stereocenters. The van der Waals surface area contributed by atoms with Crippen LogP contribution >= 0.6 is 0 Å². The molecule has 2 aromatic carbocycles. The number of amides is 1. The van der Waals surface area contributed by atoms with E-state index in [2.05, 4.69) is 28.9 Å². The number of aromatic nitrogens is 1. The van der Waals surface area contributed by atoms with Crippen LogP contribution in [0.3, 0.4) is 0 Å². The Morgan fingerprint density at radius 3 is 2.23 bits per heavy atom. The van der Waals surface area contributed by atoms with Crippen molar-refractivity contribution in [2.45, 2.75) is 13.5 Å². The topological polar surface area (TPSA) is 36.4 Å². The number of para-hydroxylation sites is 1. The number of hydrogen-bond donors (Lipinski definition) is 0. The smallest absolute Gasteiger partial charge is 0.276 e. The Hall–Kier alpha value is -3.14. The van der Waals surface area contributed by atoms with Gasteiger partial charge in [-0.05, 0) is 36.8 Å². The molecule has 3 aromatic rings. The molecule has 0 aliphatic rings. The van der Waals surface area contributed by atoms with Crippen LogP contribution in [0.15, 0.2) is 79.0 Å². The predicted octanol–water partition coefficient (Wildman–Crippen LogP) is 4.38. The van der Waals surface area contributed by atoms with Gasteiger partial charge in [0.1, 0.15) is 5.69 Å². The van der Waals surface area contributed by atoms with Gasteiger partial charge < -0.3 is 9.80 Å². The van der Waals surface area contributed by atoms with Crippen molar-refractivity contribution >= 4 is 17.3 Å².